The number of anilines is 1. The van der Waals surface area contributed by atoms with Gasteiger partial charge in [0.05, 0.1) is 22.0 Å². The standard InChI is InChI=1S/C27H24BrN5O5/c1-2-3-12-24-31-22-14-13-19(28)15-21(22)27(35)32(24)29-16-18-8-7-11-23(33(36)37)26(18)38-17-25(34)30-20-9-5-4-6-10-20/h4-11,13-16H,2-3,12,17H2,1H3,(H,30,34). The predicted octanol–water partition coefficient (Wildman–Crippen LogP) is 5.31. The third-order valence-electron chi connectivity index (χ3n) is 5.57. The van der Waals surface area contributed by atoms with E-state index < -0.39 is 17.4 Å². The summed E-state index contributed by atoms with van der Waals surface area (Å²) >= 11 is 3.38. The van der Waals surface area contributed by atoms with Crippen LogP contribution < -0.4 is 15.6 Å². The molecular weight excluding hydrogens is 554 g/mol. The normalized spacial score (nSPS) is 11.1. The quantitative estimate of drug-likeness (QED) is 0.154. The minimum Gasteiger partial charge on any atom is -0.476 e. The highest BCUT2D eigenvalue weighted by atomic mass is 79.9. The molecule has 3 aromatic carbocycles. The van der Waals surface area contributed by atoms with Gasteiger partial charge in [0.15, 0.2) is 6.61 Å². The summed E-state index contributed by atoms with van der Waals surface area (Å²) in [5.41, 5.74) is 0.656. The largest absolute Gasteiger partial charge is 0.476 e. The number of carbonyl (C=O) groups is 1. The number of hydrogen-bond acceptors (Lipinski definition) is 7. The number of aryl methyl sites for hydroxylation is 1. The van der Waals surface area contributed by atoms with Crippen molar-refractivity contribution in [3.8, 4) is 5.75 Å². The summed E-state index contributed by atoms with van der Waals surface area (Å²) in [5, 5.41) is 19.1. The first kappa shape index (κ1) is 26.7. The molecule has 0 spiro atoms. The molecule has 4 aromatic rings. The number of unbranched alkanes of at least 4 members (excludes halogenated alkanes) is 1. The molecule has 0 saturated carbocycles. The second kappa shape index (κ2) is 12.2. The summed E-state index contributed by atoms with van der Waals surface area (Å²) in [7, 11) is 0. The number of halogens is 1. The van der Waals surface area contributed by atoms with Crippen LogP contribution in [-0.4, -0.2) is 33.3 Å². The predicted molar refractivity (Wildman–Crippen MR) is 149 cm³/mol. The van der Waals surface area contributed by atoms with E-state index in [-0.39, 0.29) is 22.6 Å². The molecular formula is C27H24BrN5O5. The lowest BCUT2D eigenvalue weighted by molar-refractivity contribution is -0.385. The summed E-state index contributed by atoms with van der Waals surface area (Å²) in [6.45, 7) is 1.57. The lowest BCUT2D eigenvalue weighted by Gasteiger charge is -2.11. The van der Waals surface area contributed by atoms with E-state index in [0.29, 0.717) is 28.8 Å². The van der Waals surface area contributed by atoms with Gasteiger partial charge in [0, 0.05) is 28.2 Å². The Labute approximate surface area is 226 Å². The maximum Gasteiger partial charge on any atom is 0.311 e. The van der Waals surface area contributed by atoms with Crippen molar-refractivity contribution in [2.45, 2.75) is 26.2 Å². The van der Waals surface area contributed by atoms with Crippen molar-refractivity contribution >= 4 is 50.3 Å². The van der Waals surface area contributed by atoms with E-state index in [2.05, 4.69) is 31.3 Å². The molecule has 4 rings (SSSR count). The number of fused-ring (bicyclic) bond motifs is 1. The molecule has 0 saturated heterocycles. The number of para-hydroxylation sites is 2. The maximum atomic E-state index is 13.3. The van der Waals surface area contributed by atoms with Crippen LogP contribution in [0.15, 0.2) is 81.1 Å². The molecule has 1 amide bonds. The Kier molecular flexibility index (Phi) is 8.59. The summed E-state index contributed by atoms with van der Waals surface area (Å²) in [4.78, 5) is 41.5. The van der Waals surface area contributed by atoms with Crippen LogP contribution in [0.25, 0.3) is 10.9 Å². The number of nitro groups is 1. The van der Waals surface area contributed by atoms with Crippen LogP contribution in [0.3, 0.4) is 0 Å². The van der Waals surface area contributed by atoms with Gasteiger partial charge in [-0.3, -0.25) is 19.7 Å². The fourth-order valence-corrected chi connectivity index (χ4v) is 4.09. The van der Waals surface area contributed by atoms with Crippen molar-refractivity contribution in [3.63, 3.8) is 0 Å². The SMILES string of the molecule is CCCCc1nc2ccc(Br)cc2c(=O)n1N=Cc1cccc([N+](=O)[O-])c1OCC(=O)Nc1ccccc1. The highest BCUT2D eigenvalue weighted by Gasteiger charge is 2.20. The van der Waals surface area contributed by atoms with E-state index in [0.717, 1.165) is 17.3 Å². The molecule has 0 atom stereocenters. The van der Waals surface area contributed by atoms with Gasteiger partial charge in [0.25, 0.3) is 11.5 Å². The highest BCUT2D eigenvalue weighted by Crippen LogP contribution is 2.30. The van der Waals surface area contributed by atoms with Crippen molar-refractivity contribution in [1.82, 2.24) is 9.66 Å². The van der Waals surface area contributed by atoms with Crippen LogP contribution in [0.5, 0.6) is 5.75 Å². The van der Waals surface area contributed by atoms with Gasteiger partial charge in [-0.2, -0.15) is 9.78 Å². The van der Waals surface area contributed by atoms with Crippen molar-refractivity contribution in [2.75, 3.05) is 11.9 Å². The average Bonchev–Trinajstić information content (AvgIpc) is 2.91. The van der Waals surface area contributed by atoms with Crippen molar-refractivity contribution in [1.29, 1.82) is 0 Å². The van der Waals surface area contributed by atoms with Gasteiger partial charge in [0.2, 0.25) is 5.75 Å². The Morgan fingerprint density at radius 2 is 1.97 bits per heavy atom. The van der Waals surface area contributed by atoms with Crippen molar-refractivity contribution in [3.05, 3.63) is 103 Å². The van der Waals surface area contributed by atoms with Gasteiger partial charge in [-0.05, 0) is 42.8 Å². The van der Waals surface area contributed by atoms with E-state index >= 15 is 0 Å². The number of benzene rings is 3. The lowest BCUT2D eigenvalue weighted by atomic mass is 10.2. The average molecular weight is 578 g/mol. The third kappa shape index (κ3) is 6.30. The van der Waals surface area contributed by atoms with E-state index in [1.165, 1.54) is 23.0 Å². The van der Waals surface area contributed by atoms with Gasteiger partial charge >= 0.3 is 5.69 Å². The number of ether oxygens (including phenoxy) is 1. The number of nitrogens with one attached hydrogen (secondary N) is 1. The number of amides is 1. The topological polar surface area (TPSA) is 129 Å². The molecule has 1 heterocycles. The first-order chi connectivity index (χ1) is 18.4. The molecule has 38 heavy (non-hydrogen) atoms. The second-order valence-electron chi connectivity index (χ2n) is 8.31. The first-order valence-corrected chi connectivity index (χ1v) is 12.7. The van der Waals surface area contributed by atoms with Gasteiger partial charge in [-0.15, -0.1) is 0 Å². The first-order valence-electron chi connectivity index (χ1n) is 11.9. The molecule has 0 bridgehead atoms. The van der Waals surface area contributed by atoms with Gasteiger partial charge in [0.1, 0.15) is 5.82 Å². The maximum absolute atomic E-state index is 13.3. The Balaban J connectivity index is 1.69. The zero-order valence-corrected chi connectivity index (χ0v) is 22.1. The fourth-order valence-electron chi connectivity index (χ4n) is 3.73. The van der Waals surface area contributed by atoms with Crippen LogP contribution >= 0.6 is 15.9 Å². The van der Waals surface area contributed by atoms with E-state index in [1.54, 1.807) is 42.5 Å². The number of aromatic nitrogens is 2. The molecule has 10 nitrogen and oxygen atoms in total. The number of nitro benzene ring substituents is 1. The van der Waals surface area contributed by atoms with E-state index in [4.69, 9.17) is 4.74 Å². The number of hydrogen-bond donors (Lipinski definition) is 1. The zero-order valence-electron chi connectivity index (χ0n) is 20.5. The fraction of sp³-hybridized carbons (Fsp3) is 0.185. The Hall–Kier alpha value is -4.38. The summed E-state index contributed by atoms with van der Waals surface area (Å²) in [6, 6.07) is 18.3. The van der Waals surface area contributed by atoms with Crippen LogP contribution in [0, 0.1) is 10.1 Å². The Morgan fingerprint density at radius 3 is 2.71 bits per heavy atom. The lowest BCUT2D eigenvalue weighted by Crippen LogP contribution is -2.23. The molecule has 0 fully saturated rings. The van der Waals surface area contributed by atoms with Crippen LogP contribution in [0.1, 0.15) is 31.2 Å². The molecule has 0 aliphatic heterocycles. The smallest absolute Gasteiger partial charge is 0.311 e. The molecule has 0 radical (unpaired) electrons. The van der Waals surface area contributed by atoms with Gasteiger partial charge in [-0.25, -0.2) is 4.98 Å². The van der Waals surface area contributed by atoms with Gasteiger partial charge in [-0.1, -0.05) is 53.5 Å². The molecule has 1 N–H and O–H groups in total. The molecule has 0 unspecified atom stereocenters. The molecule has 0 aliphatic carbocycles. The minimum atomic E-state index is -0.601. The molecule has 1 aromatic heterocycles. The highest BCUT2D eigenvalue weighted by molar-refractivity contribution is 9.10. The van der Waals surface area contributed by atoms with Crippen LogP contribution in [0.4, 0.5) is 11.4 Å². The summed E-state index contributed by atoms with van der Waals surface area (Å²) < 4.78 is 7.54. The van der Waals surface area contributed by atoms with Gasteiger partial charge < -0.3 is 10.1 Å². The number of carbonyl (C=O) groups excluding carboxylic acids is 1. The van der Waals surface area contributed by atoms with Crippen molar-refractivity contribution < 1.29 is 14.5 Å². The van der Waals surface area contributed by atoms with Crippen LogP contribution in [0.2, 0.25) is 0 Å². The minimum absolute atomic E-state index is 0.135. The number of rotatable bonds is 10. The summed E-state index contributed by atoms with van der Waals surface area (Å²) in [6.07, 6.45) is 3.52. The van der Waals surface area contributed by atoms with E-state index in [9.17, 15) is 19.7 Å². The van der Waals surface area contributed by atoms with Crippen molar-refractivity contribution in [2.24, 2.45) is 5.10 Å². The molecule has 11 heteroatoms. The third-order valence-corrected chi connectivity index (χ3v) is 6.06. The van der Waals surface area contributed by atoms with Crippen LogP contribution in [-0.2, 0) is 11.2 Å². The molecule has 194 valence electrons. The Morgan fingerprint density at radius 1 is 1.18 bits per heavy atom. The van der Waals surface area contributed by atoms with E-state index in [1.807, 2.05) is 19.1 Å². The second-order valence-corrected chi connectivity index (χ2v) is 9.23. The molecule has 0 aliphatic rings. The number of nitrogens with zero attached hydrogens (tertiary/aromatic N) is 4. The summed E-state index contributed by atoms with van der Waals surface area (Å²) in [5.74, 6) is -0.151. The zero-order chi connectivity index (χ0) is 27.1. The monoisotopic (exact) mass is 577 g/mol. The Bertz CT molecular complexity index is 1570.